The molecule has 7 nitrogen and oxygen atoms in total. The highest BCUT2D eigenvalue weighted by Crippen LogP contribution is 2.33. The number of aromatic amines is 1. The SMILES string of the molecule is C=CC[C@@]1(CO)CCCN(C(=O)c2cn(C)c(=O)[nH]c2=O)C1. The molecule has 0 unspecified atom stereocenters. The van der Waals surface area contributed by atoms with Crippen molar-refractivity contribution in [3.8, 4) is 0 Å². The van der Waals surface area contributed by atoms with E-state index in [0.29, 0.717) is 19.5 Å². The molecule has 1 aliphatic heterocycles. The summed E-state index contributed by atoms with van der Waals surface area (Å²) >= 11 is 0. The average Bonchev–Trinajstić information content (AvgIpc) is 2.51. The van der Waals surface area contributed by atoms with E-state index in [9.17, 15) is 19.5 Å². The number of allylic oxidation sites excluding steroid dienone is 1. The van der Waals surface area contributed by atoms with Crippen LogP contribution in [0.25, 0.3) is 0 Å². The van der Waals surface area contributed by atoms with E-state index in [1.54, 1.807) is 11.0 Å². The maximum atomic E-state index is 12.6. The third-order valence-corrected chi connectivity index (χ3v) is 4.20. The monoisotopic (exact) mass is 307 g/mol. The number of H-pyrrole nitrogens is 1. The molecule has 2 rings (SSSR count). The molecule has 1 atom stereocenters. The lowest BCUT2D eigenvalue weighted by molar-refractivity contribution is 0.0283. The molecular formula is C15H21N3O4. The predicted octanol–water partition coefficient (Wildman–Crippen LogP) is -0.136. The molecule has 0 spiro atoms. The fourth-order valence-corrected chi connectivity index (χ4v) is 2.93. The molecule has 1 amide bonds. The summed E-state index contributed by atoms with van der Waals surface area (Å²) in [6.07, 6.45) is 5.17. The largest absolute Gasteiger partial charge is 0.396 e. The third-order valence-electron chi connectivity index (χ3n) is 4.20. The quantitative estimate of drug-likeness (QED) is 0.757. The first-order valence-electron chi connectivity index (χ1n) is 7.23. The lowest BCUT2D eigenvalue weighted by Crippen LogP contribution is -2.49. The highest BCUT2D eigenvalue weighted by molar-refractivity contribution is 5.93. The molecule has 0 bridgehead atoms. The van der Waals surface area contributed by atoms with Crippen LogP contribution in [0.5, 0.6) is 0 Å². The van der Waals surface area contributed by atoms with Crippen molar-refractivity contribution in [2.75, 3.05) is 19.7 Å². The van der Waals surface area contributed by atoms with Crippen molar-refractivity contribution < 1.29 is 9.90 Å². The van der Waals surface area contributed by atoms with Gasteiger partial charge in [0.1, 0.15) is 5.56 Å². The molecule has 1 aromatic rings. The normalized spacial score (nSPS) is 21.6. The molecule has 1 aromatic heterocycles. The number of hydrogen-bond acceptors (Lipinski definition) is 4. The molecular weight excluding hydrogens is 286 g/mol. The second-order valence-electron chi connectivity index (χ2n) is 5.89. The minimum absolute atomic E-state index is 0.0353. The first kappa shape index (κ1) is 16.2. The number of nitrogens with one attached hydrogen (secondary N) is 1. The molecule has 0 aliphatic carbocycles. The number of rotatable bonds is 4. The van der Waals surface area contributed by atoms with E-state index in [4.69, 9.17) is 0 Å². The smallest absolute Gasteiger partial charge is 0.328 e. The van der Waals surface area contributed by atoms with Gasteiger partial charge in [0.05, 0.1) is 6.61 Å². The number of aromatic nitrogens is 2. The van der Waals surface area contributed by atoms with Gasteiger partial charge in [-0.15, -0.1) is 6.58 Å². The van der Waals surface area contributed by atoms with Crippen LogP contribution in [-0.2, 0) is 7.05 Å². The maximum Gasteiger partial charge on any atom is 0.328 e. The van der Waals surface area contributed by atoms with Gasteiger partial charge in [-0.25, -0.2) is 4.79 Å². The number of nitrogens with zero attached hydrogens (tertiary/aromatic N) is 2. The molecule has 1 fully saturated rings. The van der Waals surface area contributed by atoms with Crippen LogP contribution in [0.4, 0.5) is 0 Å². The Morgan fingerprint density at radius 2 is 2.27 bits per heavy atom. The van der Waals surface area contributed by atoms with Crippen molar-refractivity contribution in [1.29, 1.82) is 0 Å². The molecule has 1 aliphatic rings. The zero-order valence-electron chi connectivity index (χ0n) is 12.7. The van der Waals surface area contributed by atoms with E-state index < -0.39 is 22.6 Å². The van der Waals surface area contributed by atoms with Crippen molar-refractivity contribution in [1.82, 2.24) is 14.5 Å². The number of aryl methyl sites for hydroxylation is 1. The Bertz CT molecular complexity index is 691. The summed E-state index contributed by atoms with van der Waals surface area (Å²) in [6.45, 7) is 4.57. The minimum atomic E-state index is -0.683. The molecule has 1 saturated heterocycles. The van der Waals surface area contributed by atoms with Crippen LogP contribution in [0, 0.1) is 5.41 Å². The Labute approximate surface area is 127 Å². The second kappa shape index (κ2) is 6.31. The number of amides is 1. The van der Waals surface area contributed by atoms with E-state index in [0.717, 1.165) is 12.8 Å². The fraction of sp³-hybridized carbons (Fsp3) is 0.533. The van der Waals surface area contributed by atoms with Crippen LogP contribution < -0.4 is 11.2 Å². The van der Waals surface area contributed by atoms with Gasteiger partial charge in [-0.2, -0.15) is 0 Å². The second-order valence-corrected chi connectivity index (χ2v) is 5.89. The van der Waals surface area contributed by atoms with Crippen LogP contribution in [0.2, 0.25) is 0 Å². The van der Waals surface area contributed by atoms with Gasteiger partial charge >= 0.3 is 5.69 Å². The minimum Gasteiger partial charge on any atom is -0.396 e. The lowest BCUT2D eigenvalue weighted by atomic mass is 9.77. The van der Waals surface area contributed by atoms with Crippen molar-refractivity contribution in [3.63, 3.8) is 0 Å². The Kier molecular flexibility index (Phi) is 4.65. The fourth-order valence-electron chi connectivity index (χ4n) is 2.93. The summed E-state index contributed by atoms with van der Waals surface area (Å²) < 4.78 is 1.17. The highest BCUT2D eigenvalue weighted by atomic mass is 16.3. The summed E-state index contributed by atoms with van der Waals surface area (Å²) in [6, 6.07) is 0. The first-order valence-corrected chi connectivity index (χ1v) is 7.23. The molecule has 7 heteroatoms. The van der Waals surface area contributed by atoms with Gasteiger partial charge in [0, 0.05) is 31.7 Å². The molecule has 0 aromatic carbocycles. The van der Waals surface area contributed by atoms with E-state index in [1.807, 2.05) is 0 Å². The van der Waals surface area contributed by atoms with Crippen LogP contribution in [0.1, 0.15) is 29.6 Å². The summed E-state index contributed by atoms with van der Waals surface area (Å²) in [4.78, 5) is 39.5. The van der Waals surface area contributed by atoms with E-state index in [2.05, 4.69) is 11.6 Å². The van der Waals surface area contributed by atoms with Crippen molar-refractivity contribution in [3.05, 3.63) is 45.3 Å². The predicted molar refractivity (Wildman–Crippen MR) is 81.8 cm³/mol. The number of aliphatic hydroxyl groups is 1. The van der Waals surface area contributed by atoms with Crippen molar-refractivity contribution >= 4 is 5.91 Å². The van der Waals surface area contributed by atoms with Crippen LogP contribution in [0.15, 0.2) is 28.4 Å². The Morgan fingerprint density at radius 3 is 2.91 bits per heavy atom. The van der Waals surface area contributed by atoms with E-state index in [-0.39, 0.29) is 12.2 Å². The van der Waals surface area contributed by atoms with Gasteiger partial charge in [0.2, 0.25) is 0 Å². The maximum absolute atomic E-state index is 12.6. The summed E-state index contributed by atoms with van der Waals surface area (Å²) in [5.74, 6) is -0.418. The van der Waals surface area contributed by atoms with Gasteiger partial charge < -0.3 is 14.6 Å². The first-order chi connectivity index (χ1) is 10.4. The molecule has 0 radical (unpaired) electrons. The number of piperidine rings is 1. The molecule has 2 heterocycles. The summed E-state index contributed by atoms with van der Waals surface area (Å²) in [5, 5.41) is 9.68. The topological polar surface area (TPSA) is 95.4 Å². The molecule has 22 heavy (non-hydrogen) atoms. The zero-order chi connectivity index (χ0) is 16.3. The summed E-state index contributed by atoms with van der Waals surface area (Å²) in [5.41, 5.74) is -1.70. The van der Waals surface area contributed by atoms with Crippen LogP contribution in [0.3, 0.4) is 0 Å². The zero-order valence-corrected chi connectivity index (χ0v) is 12.7. The highest BCUT2D eigenvalue weighted by Gasteiger charge is 2.36. The summed E-state index contributed by atoms with van der Waals surface area (Å²) in [7, 11) is 1.47. The van der Waals surface area contributed by atoms with Crippen LogP contribution in [-0.4, -0.2) is 45.2 Å². The number of likely N-dealkylation sites (tertiary alicyclic amines) is 1. The standard InChI is InChI=1S/C15H21N3O4/c1-3-5-15(10-19)6-4-7-18(9-15)13(21)11-8-17(2)14(22)16-12(11)20/h3,8,19H,1,4-7,9-10H2,2H3,(H,16,20,22)/t15-/m1/s1. The van der Waals surface area contributed by atoms with Crippen molar-refractivity contribution in [2.45, 2.75) is 19.3 Å². The van der Waals surface area contributed by atoms with Crippen LogP contribution >= 0.6 is 0 Å². The Morgan fingerprint density at radius 1 is 1.55 bits per heavy atom. The molecule has 0 saturated carbocycles. The third kappa shape index (κ3) is 3.04. The number of hydrogen-bond donors (Lipinski definition) is 2. The van der Waals surface area contributed by atoms with Gasteiger partial charge in [-0.1, -0.05) is 6.08 Å². The van der Waals surface area contributed by atoms with Crippen molar-refractivity contribution in [2.24, 2.45) is 12.5 Å². The Balaban J connectivity index is 2.30. The van der Waals surface area contributed by atoms with E-state index in [1.165, 1.54) is 17.8 Å². The van der Waals surface area contributed by atoms with Gasteiger partial charge in [-0.3, -0.25) is 14.6 Å². The molecule has 120 valence electrons. The van der Waals surface area contributed by atoms with E-state index >= 15 is 0 Å². The van der Waals surface area contributed by atoms with Gasteiger partial charge in [-0.05, 0) is 19.3 Å². The number of aliphatic hydroxyl groups excluding tert-OH is 1. The molecule has 2 N–H and O–H groups in total. The lowest BCUT2D eigenvalue weighted by Gasteiger charge is -2.41. The average molecular weight is 307 g/mol. The number of carbonyl (C=O) groups is 1. The van der Waals surface area contributed by atoms with Gasteiger partial charge in [0.15, 0.2) is 0 Å². The Hall–Kier alpha value is -2.15. The number of carbonyl (C=O) groups excluding carboxylic acids is 1. The van der Waals surface area contributed by atoms with Gasteiger partial charge in [0.25, 0.3) is 11.5 Å².